The Hall–Kier alpha value is -0.740. The third-order valence-corrected chi connectivity index (χ3v) is 2.95. The average molecular weight is 254 g/mol. The van der Waals surface area contributed by atoms with Crippen molar-refractivity contribution in [3.05, 3.63) is 24.0 Å². The van der Waals surface area contributed by atoms with Crippen LogP contribution in [0.5, 0.6) is 5.75 Å². The maximum absolute atomic E-state index is 5.59. The molecule has 0 spiro atoms. The molecule has 0 aromatic carbocycles. The predicted molar refractivity (Wildman–Crippen MR) is 74.7 cm³/mol. The number of nitrogens with zero attached hydrogens (tertiary/aromatic N) is 1. The lowest BCUT2D eigenvalue weighted by atomic mass is 10.3. The number of hydrogen-bond donors (Lipinski definition) is 1. The highest BCUT2D eigenvalue weighted by Gasteiger charge is 1.98. The summed E-state index contributed by atoms with van der Waals surface area (Å²) >= 11 is 1.84. The largest absolute Gasteiger partial charge is 0.492 e. The number of rotatable bonds is 8. The van der Waals surface area contributed by atoms with Crippen LogP contribution in [0, 0.1) is 0 Å². The van der Waals surface area contributed by atoms with Gasteiger partial charge in [0, 0.05) is 12.6 Å². The first-order valence-corrected chi connectivity index (χ1v) is 7.42. The number of thioether (sulfide) groups is 1. The van der Waals surface area contributed by atoms with Gasteiger partial charge in [-0.2, -0.15) is 11.8 Å². The number of pyridine rings is 1. The van der Waals surface area contributed by atoms with E-state index in [0.29, 0.717) is 6.04 Å². The Kier molecular flexibility index (Phi) is 7.05. The average Bonchev–Trinajstić information content (AvgIpc) is 2.33. The van der Waals surface area contributed by atoms with Gasteiger partial charge in [0.1, 0.15) is 5.75 Å². The molecule has 0 fully saturated rings. The molecular formula is C13H22N2OS. The lowest BCUT2D eigenvalue weighted by Crippen LogP contribution is -2.22. The van der Waals surface area contributed by atoms with Crippen LogP contribution in [0.25, 0.3) is 0 Å². The maximum Gasteiger partial charge on any atom is 0.137 e. The van der Waals surface area contributed by atoms with Gasteiger partial charge < -0.3 is 10.1 Å². The zero-order chi connectivity index (χ0) is 12.5. The summed E-state index contributed by atoms with van der Waals surface area (Å²) in [6.45, 7) is 5.84. The molecule has 1 aromatic rings. The van der Waals surface area contributed by atoms with Crippen LogP contribution in [-0.4, -0.2) is 29.6 Å². The van der Waals surface area contributed by atoms with Gasteiger partial charge in [-0.25, -0.2) is 0 Å². The van der Waals surface area contributed by atoms with Crippen molar-refractivity contribution in [2.24, 2.45) is 0 Å². The van der Waals surface area contributed by atoms with Gasteiger partial charge >= 0.3 is 0 Å². The molecule has 17 heavy (non-hydrogen) atoms. The second kappa shape index (κ2) is 8.37. The molecule has 3 nitrogen and oxygen atoms in total. The monoisotopic (exact) mass is 254 g/mol. The van der Waals surface area contributed by atoms with E-state index in [9.17, 15) is 0 Å². The van der Waals surface area contributed by atoms with Crippen molar-refractivity contribution in [1.29, 1.82) is 0 Å². The molecule has 0 unspecified atom stereocenters. The van der Waals surface area contributed by atoms with Gasteiger partial charge in [0.25, 0.3) is 0 Å². The van der Waals surface area contributed by atoms with Gasteiger partial charge in [0.2, 0.25) is 0 Å². The molecule has 1 aromatic heterocycles. The Balaban J connectivity index is 2.29. The third-order valence-electron chi connectivity index (χ3n) is 2.25. The maximum atomic E-state index is 5.59. The molecule has 0 bridgehead atoms. The number of aromatic nitrogens is 1. The second-order valence-electron chi connectivity index (χ2n) is 4.22. The van der Waals surface area contributed by atoms with Crippen LogP contribution in [0.3, 0.4) is 0 Å². The zero-order valence-electron chi connectivity index (χ0n) is 10.9. The van der Waals surface area contributed by atoms with Gasteiger partial charge in [-0.15, -0.1) is 0 Å². The van der Waals surface area contributed by atoms with Crippen molar-refractivity contribution in [2.75, 3.05) is 18.6 Å². The molecule has 0 amide bonds. The molecule has 1 N–H and O–H groups in total. The van der Waals surface area contributed by atoms with E-state index in [4.69, 9.17) is 4.74 Å². The second-order valence-corrected chi connectivity index (χ2v) is 5.20. The van der Waals surface area contributed by atoms with E-state index in [2.05, 4.69) is 30.4 Å². The lowest BCUT2D eigenvalue weighted by molar-refractivity contribution is 0.317. The highest BCUT2D eigenvalue weighted by Crippen LogP contribution is 2.10. The highest BCUT2D eigenvalue weighted by molar-refractivity contribution is 7.98. The van der Waals surface area contributed by atoms with Gasteiger partial charge in [0.15, 0.2) is 0 Å². The molecular weight excluding hydrogens is 232 g/mol. The molecule has 0 aliphatic carbocycles. The van der Waals surface area contributed by atoms with Crippen molar-refractivity contribution < 1.29 is 4.74 Å². The quantitative estimate of drug-likeness (QED) is 0.723. The predicted octanol–water partition coefficient (Wildman–Crippen LogP) is 2.71. The first-order chi connectivity index (χ1) is 8.22. The van der Waals surface area contributed by atoms with Gasteiger partial charge in [-0.05, 0) is 30.6 Å². The lowest BCUT2D eigenvalue weighted by Gasteiger charge is -2.08. The number of ether oxygens (including phenoxy) is 1. The Bertz CT molecular complexity index is 301. The summed E-state index contributed by atoms with van der Waals surface area (Å²) in [5.41, 5.74) is 1.05. The minimum Gasteiger partial charge on any atom is -0.492 e. The highest BCUT2D eigenvalue weighted by atomic mass is 32.2. The summed E-state index contributed by atoms with van der Waals surface area (Å²) < 4.78 is 5.59. The first kappa shape index (κ1) is 14.3. The molecule has 0 aliphatic heterocycles. The van der Waals surface area contributed by atoms with Crippen molar-refractivity contribution in [3.8, 4) is 5.75 Å². The van der Waals surface area contributed by atoms with Crippen molar-refractivity contribution in [2.45, 2.75) is 32.9 Å². The summed E-state index contributed by atoms with van der Waals surface area (Å²) in [6, 6.07) is 4.49. The Morgan fingerprint density at radius 2 is 2.24 bits per heavy atom. The smallest absolute Gasteiger partial charge is 0.137 e. The van der Waals surface area contributed by atoms with Crippen LogP contribution in [-0.2, 0) is 6.54 Å². The van der Waals surface area contributed by atoms with Crippen molar-refractivity contribution in [3.63, 3.8) is 0 Å². The molecule has 0 atom stereocenters. The fourth-order valence-corrected chi connectivity index (χ4v) is 1.71. The Labute approximate surface area is 108 Å². The summed E-state index contributed by atoms with van der Waals surface area (Å²) in [5, 5.41) is 3.34. The van der Waals surface area contributed by atoms with Crippen LogP contribution in [0.2, 0.25) is 0 Å². The van der Waals surface area contributed by atoms with Crippen LogP contribution >= 0.6 is 11.8 Å². The van der Waals surface area contributed by atoms with Crippen LogP contribution in [0.4, 0.5) is 0 Å². The Morgan fingerprint density at radius 3 is 2.82 bits per heavy atom. The van der Waals surface area contributed by atoms with Crippen molar-refractivity contribution >= 4 is 11.8 Å². The Morgan fingerprint density at radius 1 is 1.41 bits per heavy atom. The van der Waals surface area contributed by atoms with E-state index in [-0.39, 0.29) is 0 Å². The van der Waals surface area contributed by atoms with Crippen LogP contribution in [0.1, 0.15) is 26.0 Å². The minimum atomic E-state index is 0.485. The molecule has 0 saturated carbocycles. The summed E-state index contributed by atoms with van der Waals surface area (Å²) in [4.78, 5) is 4.36. The molecule has 1 rings (SSSR count). The molecule has 0 saturated heterocycles. The summed E-state index contributed by atoms with van der Waals surface area (Å²) in [7, 11) is 0. The van der Waals surface area contributed by atoms with Gasteiger partial charge in [-0.3, -0.25) is 4.98 Å². The fraction of sp³-hybridized carbons (Fsp3) is 0.615. The van der Waals surface area contributed by atoms with Gasteiger partial charge in [-0.1, -0.05) is 13.8 Å². The first-order valence-electron chi connectivity index (χ1n) is 6.02. The van der Waals surface area contributed by atoms with Crippen molar-refractivity contribution in [1.82, 2.24) is 10.3 Å². The van der Waals surface area contributed by atoms with Gasteiger partial charge in [0.05, 0.1) is 18.5 Å². The number of nitrogens with one attached hydrogen (secondary N) is 1. The molecule has 1 heterocycles. The topological polar surface area (TPSA) is 34.1 Å². The summed E-state index contributed by atoms with van der Waals surface area (Å²) in [5.74, 6) is 2.00. The van der Waals surface area contributed by atoms with E-state index in [1.165, 1.54) is 0 Å². The molecule has 96 valence electrons. The standard InChI is InChI=1S/C13H22N2OS/c1-11(2)14-9-12-5-6-13(10-15-12)16-7-4-8-17-3/h5-6,10-11,14H,4,7-9H2,1-3H3. The molecule has 0 aliphatic rings. The van der Waals surface area contributed by atoms with E-state index >= 15 is 0 Å². The normalized spacial score (nSPS) is 10.8. The third kappa shape index (κ3) is 6.54. The molecule has 0 radical (unpaired) electrons. The van der Waals surface area contributed by atoms with Crippen LogP contribution < -0.4 is 10.1 Å². The van der Waals surface area contributed by atoms with Crippen LogP contribution in [0.15, 0.2) is 18.3 Å². The van der Waals surface area contributed by atoms with E-state index < -0.39 is 0 Å². The van der Waals surface area contributed by atoms with E-state index in [0.717, 1.165) is 36.8 Å². The SMILES string of the molecule is CSCCCOc1ccc(CNC(C)C)nc1. The molecule has 4 heteroatoms. The fourth-order valence-electron chi connectivity index (χ4n) is 1.30. The van der Waals surface area contributed by atoms with E-state index in [1.54, 1.807) is 6.20 Å². The minimum absolute atomic E-state index is 0.485. The zero-order valence-corrected chi connectivity index (χ0v) is 11.7. The van der Waals surface area contributed by atoms with E-state index in [1.807, 2.05) is 23.9 Å². The number of hydrogen-bond acceptors (Lipinski definition) is 4. The summed E-state index contributed by atoms with van der Waals surface area (Å²) in [6.07, 6.45) is 4.99.